The van der Waals surface area contributed by atoms with Crippen molar-refractivity contribution in [3.8, 4) is 34.3 Å². The van der Waals surface area contributed by atoms with E-state index in [0.29, 0.717) is 23.1 Å². The van der Waals surface area contributed by atoms with Gasteiger partial charge in [0.25, 0.3) is 5.56 Å². The summed E-state index contributed by atoms with van der Waals surface area (Å²) in [6, 6.07) is 13.8. The largest absolute Gasteiger partial charge is 0.480 e. The molecule has 36 heavy (non-hydrogen) atoms. The Morgan fingerprint density at radius 1 is 1.11 bits per heavy atom. The molecule has 1 aromatic heterocycles. The molecular formula is C27H29ClN6O2. The Morgan fingerprint density at radius 3 is 2.64 bits per heavy atom. The van der Waals surface area contributed by atoms with Crippen LogP contribution in [0, 0.1) is 0 Å². The number of para-hydroxylation sites is 1. The van der Waals surface area contributed by atoms with E-state index < -0.39 is 5.56 Å². The smallest absolute Gasteiger partial charge is 0.290 e. The van der Waals surface area contributed by atoms with Crippen molar-refractivity contribution in [1.82, 2.24) is 24.8 Å². The van der Waals surface area contributed by atoms with Crippen LogP contribution < -0.4 is 20.5 Å². The minimum atomic E-state index is -0.477. The van der Waals surface area contributed by atoms with Crippen molar-refractivity contribution in [3.05, 3.63) is 69.6 Å². The number of aromatic nitrogens is 4. The van der Waals surface area contributed by atoms with Crippen molar-refractivity contribution in [2.75, 3.05) is 31.6 Å². The van der Waals surface area contributed by atoms with Gasteiger partial charge in [0, 0.05) is 31.9 Å². The third-order valence-corrected chi connectivity index (χ3v) is 6.85. The molecule has 1 atom stereocenters. The highest BCUT2D eigenvalue weighted by Crippen LogP contribution is 2.40. The number of piperazine rings is 1. The summed E-state index contributed by atoms with van der Waals surface area (Å²) in [6.45, 7) is 8.83. The summed E-state index contributed by atoms with van der Waals surface area (Å²) in [7, 11) is 1.59. The molecule has 0 saturated carbocycles. The quantitative estimate of drug-likeness (QED) is 0.431. The first-order valence-electron chi connectivity index (χ1n) is 12.1. The fourth-order valence-electron chi connectivity index (χ4n) is 4.80. The molecular weight excluding hydrogens is 476 g/mol. The molecule has 1 unspecified atom stereocenters. The van der Waals surface area contributed by atoms with Crippen molar-refractivity contribution >= 4 is 17.4 Å². The highest BCUT2D eigenvalue weighted by Gasteiger charge is 2.30. The van der Waals surface area contributed by atoms with E-state index in [9.17, 15) is 4.79 Å². The molecule has 0 radical (unpaired) electrons. The number of ether oxygens (including phenoxy) is 1. The highest BCUT2D eigenvalue weighted by atomic mass is 35.5. The summed E-state index contributed by atoms with van der Waals surface area (Å²) < 4.78 is 7.58. The van der Waals surface area contributed by atoms with Crippen LogP contribution in [0.15, 0.2) is 53.5 Å². The topological polar surface area (TPSA) is 85.2 Å². The predicted octanol–water partition coefficient (Wildman–Crippen LogP) is 4.38. The van der Waals surface area contributed by atoms with Crippen molar-refractivity contribution in [2.24, 2.45) is 0 Å². The molecule has 0 spiro atoms. The van der Waals surface area contributed by atoms with Crippen LogP contribution in [-0.2, 0) is 0 Å². The molecule has 0 aliphatic carbocycles. The van der Waals surface area contributed by atoms with Gasteiger partial charge < -0.3 is 15.0 Å². The number of benzene rings is 1. The van der Waals surface area contributed by atoms with E-state index in [1.165, 1.54) is 0 Å². The van der Waals surface area contributed by atoms with Gasteiger partial charge in [-0.15, -0.1) is 0 Å². The zero-order valence-corrected chi connectivity index (χ0v) is 21.6. The number of halogens is 1. The molecule has 5 rings (SSSR count). The van der Waals surface area contributed by atoms with Gasteiger partial charge in [-0.05, 0) is 42.7 Å². The zero-order valence-electron chi connectivity index (χ0n) is 20.8. The first-order valence-corrected chi connectivity index (χ1v) is 12.5. The van der Waals surface area contributed by atoms with Crippen LogP contribution in [-0.4, -0.2) is 52.3 Å². The Kier molecular flexibility index (Phi) is 6.64. The summed E-state index contributed by atoms with van der Waals surface area (Å²) in [5, 5.41) is 3.50. The number of anilines is 1. The van der Waals surface area contributed by atoms with Gasteiger partial charge >= 0.3 is 0 Å². The van der Waals surface area contributed by atoms with Gasteiger partial charge in [0.1, 0.15) is 10.8 Å². The van der Waals surface area contributed by atoms with Crippen molar-refractivity contribution < 1.29 is 4.74 Å². The lowest BCUT2D eigenvalue weighted by Crippen LogP contribution is -2.50. The van der Waals surface area contributed by atoms with Gasteiger partial charge in [-0.2, -0.15) is 4.98 Å². The number of nitrogens with zero attached hydrogens (tertiary/aromatic N) is 5. The third kappa shape index (κ3) is 4.20. The molecule has 0 amide bonds. The molecule has 9 heteroatoms. The summed E-state index contributed by atoms with van der Waals surface area (Å²) in [5.74, 6) is 2.48. The van der Waals surface area contributed by atoms with E-state index in [2.05, 4.69) is 47.0 Å². The molecule has 1 aromatic carbocycles. The lowest BCUT2D eigenvalue weighted by molar-refractivity contribution is 0.399. The van der Waals surface area contributed by atoms with E-state index in [4.69, 9.17) is 21.3 Å². The van der Waals surface area contributed by atoms with Crippen LogP contribution in [0.5, 0.6) is 5.88 Å². The second kappa shape index (κ2) is 9.87. The van der Waals surface area contributed by atoms with E-state index >= 15 is 0 Å². The lowest BCUT2D eigenvalue weighted by atomic mass is 10.00. The van der Waals surface area contributed by atoms with Gasteiger partial charge in [0.15, 0.2) is 11.6 Å². The fourth-order valence-corrected chi connectivity index (χ4v) is 4.95. The Labute approximate surface area is 215 Å². The van der Waals surface area contributed by atoms with Crippen molar-refractivity contribution in [3.63, 3.8) is 0 Å². The van der Waals surface area contributed by atoms with Crippen LogP contribution >= 0.6 is 11.6 Å². The van der Waals surface area contributed by atoms with Gasteiger partial charge in [-0.3, -0.25) is 9.36 Å². The minimum Gasteiger partial charge on any atom is -0.480 e. The lowest BCUT2D eigenvalue weighted by Gasteiger charge is -2.37. The maximum absolute atomic E-state index is 12.8. The maximum atomic E-state index is 12.8. The predicted molar refractivity (Wildman–Crippen MR) is 143 cm³/mol. The third-order valence-electron chi connectivity index (χ3n) is 6.58. The van der Waals surface area contributed by atoms with Gasteiger partial charge in [0.05, 0.1) is 23.9 Å². The Balaban J connectivity index is 1.95. The number of methoxy groups -OCH3 is 1. The van der Waals surface area contributed by atoms with Crippen LogP contribution in [0.2, 0.25) is 5.02 Å². The number of hydrogen-bond acceptors (Lipinski definition) is 7. The molecule has 4 heterocycles. The van der Waals surface area contributed by atoms with Crippen LogP contribution in [0.4, 0.5) is 5.82 Å². The number of nitrogens with one attached hydrogen (secondary N) is 1. The number of hydrogen-bond donors (Lipinski definition) is 1. The van der Waals surface area contributed by atoms with E-state index in [1.807, 2.05) is 34.9 Å². The highest BCUT2D eigenvalue weighted by molar-refractivity contribution is 6.30. The van der Waals surface area contributed by atoms with Gasteiger partial charge in [0.2, 0.25) is 5.88 Å². The first-order chi connectivity index (χ1) is 17.4. The first kappa shape index (κ1) is 24.2. The van der Waals surface area contributed by atoms with E-state index in [-0.39, 0.29) is 17.0 Å². The molecule has 0 bridgehead atoms. The molecule has 1 N–H and O–H groups in total. The van der Waals surface area contributed by atoms with Crippen LogP contribution in [0.1, 0.15) is 32.3 Å². The second-order valence-electron chi connectivity index (χ2n) is 9.26. The van der Waals surface area contributed by atoms with Crippen LogP contribution in [0.3, 0.4) is 0 Å². The minimum absolute atomic E-state index is 0.0729. The average molecular weight is 505 g/mol. The van der Waals surface area contributed by atoms with Gasteiger partial charge in [-0.1, -0.05) is 43.6 Å². The van der Waals surface area contributed by atoms with Gasteiger partial charge in [-0.25, -0.2) is 9.97 Å². The molecule has 8 nitrogen and oxygen atoms in total. The summed E-state index contributed by atoms with van der Waals surface area (Å²) >= 11 is 6.35. The normalized spacial score (nSPS) is 16.1. The molecule has 3 aliphatic rings. The van der Waals surface area contributed by atoms with Crippen LogP contribution in [0.25, 0.3) is 28.5 Å². The average Bonchev–Trinajstić information content (AvgIpc) is 2.89. The molecule has 3 aliphatic heterocycles. The Morgan fingerprint density at radius 2 is 1.89 bits per heavy atom. The number of pyridine rings is 2. The second-order valence-corrected chi connectivity index (χ2v) is 9.67. The molecule has 2 aromatic rings. The summed E-state index contributed by atoms with van der Waals surface area (Å²) in [4.78, 5) is 29.2. The standard InChI is InChI=1S/C27H29ClN6O2/c1-16(2)18-8-5-6-10-22(18)34-24(19-9-7-11-30-27(19)36-4)31-23(33-13-12-29-15-17(33)3)20-14-21(28)26(35)32-25(20)34/h5-11,14,16-17,29H,12-13,15H2,1-4H3. The summed E-state index contributed by atoms with van der Waals surface area (Å²) in [5.41, 5.74) is 2.93. The van der Waals surface area contributed by atoms with E-state index in [1.54, 1.807) is 19.4 Å². The van der Waals surface area contributed by atoms with Crippen molar-refractivity contribution in [1.29, 1.82) is 0 Å². The monoisotopic (exact) mass is 504 g/mol. The molecule has 1 fully saturated rings. The van der Waals surface area contributed by atoms with Crippen molar-refractivity contribution in [2.45, 2.75) is 32.7 Å². The maximum Gasteiger partial charge on any atom is 0.290 e. The Bertz CT molecular complexity index is 1440. The molecule has 186 valence electrons. The summed E-state index contributed by atoms with van der Waals surface area (Å²) in [6.07, 6.45) is 1.68. The number of rotatable bonds is 5. The number of fused-ring (bicyclic) bond motifs is 1. The SMILES string of the molecule is COc1ncccc1-c1nc(N2CCNCC2C)c2cc(Cl)c(=O)nc-2n1-c1ccccc1C(C)C. The Hall–Kier alpha value is -3.49. The zero-order chi connectivity index (χ0) is 25.4. The fraction of sp³-hybridized carbons (Fsp3) is 0.333. The molecule has 1 saturated heterocycles. The van der Waals surface area contributed by atoms with E-state index in [0.717, 1.165) is 42.3 Å².